The molecule has 0 unspecified atom stereocenters. The number of thiophene rings is 1. The Morgan fingerprint density at radius 3 is 2.29 bits per heavy atom. The Morgan fingerprint density at radius 2 is 1.58 bits per heavy atom. The summed E-state index contributed by atoms with van der Waals surface area (Å²) in [5.74, 6) is 6.11. The normalized spacial score (nSPS) is 10.7. The zero-order chi connectivity index (χ0) is 17.0. The van der Waals surface area contributed by atoms with Crippen molar-refractivity contribution in [2.45, 2.75) is 11.1 Å². The van der Waals surface area contributed by atoms with Crippen LogP contribution in [0.4, 0.5) is 5.69 Å². The zero-order valence-electron chi connectivity index (χ0n) is 13.0. The fraction of sp³-hybridized carbons (Fsp3) is 0.0526. The van der Waals surface area contributed by atoms with Crippen molar-refractivity contribution in [3.8, 4) is 11.8 Å². The minimum atomic E-state index is -3.56. The van der Waals surface area contributed by atoms with Crippen LogP contribution >= 0.6 is 11.3 Å². The fourth-order valence-corrected chi connectivity index (χ4v) is 4.42. The zero-order valence-corrected chi connectivity index (χ0v) is 14.6. The van der Waals surface area contributed by atoms with Crippen LogP contribution in [0.15, 0.2) is 70.9 Å². The minimum absolute atomic E-state index is 0.306. The second-order valence-electron chi connectivity index (χ2n) is 5.17. The van der Waals surface area contributed by atoms with Crippen LogP contribution in [-0.4, -0.2) is 8.42 Å². The summed E-state index contributed by atoms with van der Waals surface area (Å²) < 4.78 is 27.6. The van der Waals surface area contributed by atoms with Crippen molar-refractivity contribution in [1.29, 1.82) is 0 Å². The van der Waals surface area contributed by atoms with Gasteiger partial charge in [-0.3, -0.25) is 4.72 Å². The Kier molecular flexibility index (Phi) is 4.70. The average molecular weight is 353 g/mol. The summed E-state index contributed by atoms with van der Waals surface area (Å²) in [7, 11) is -3.56. The largest absolute Gasteiger partial charge is 0.279 e. The predicted molar refractivity (Wildman–Crippen MR) is 98.7 cm³/mol. The molecule has 120 valence electrons. The van der Waals surface area contributed by atoms with E-state index in [1.807, 2.05) is 43.3 Å². The summed E-state index contributed by atoms with van der Waals surface area (Å²) in [6, 6.07) is 20.1. The van der Waals surface area contributed by atoms with E-state index in [2.05, 4.69) is 16.6 Å². The molecular weight excluding hydrogens is 338 g/mol. The summed E-state index contributed by atoms with van der Waals surface area (Å²) in [5, 5.41) is 0. The Labute approximate surface area is 146 Å². The van der Waals surface area contributed by atoms with E-state index in [4.69, 9.17) is 0 Å². The molecule has 0 saturated carbocycles. The molecule has 3 nitrogen and oxygen atoms in total. The van der Waals surface area contributed by atoms with Gasteiger partial charge in [0.1, 0.15) is 4.21 Å². The summed E-state index contributed by atoms with van der Waals surface area (Å²) >= 11 is 1.25. The van der Waals surface area contributed by atoms with Crippen LogP contribution in [0.25, 0.3) is 0 Å². The van der Waals surface area contributed by atoms with Crippen molar-refractivity contribution < 1.29 is 8.42 Å². The molecule has 5 heteroatoms. The van der Waals surface area contributed by atoms with Gasteiger partial charge in [0.25, 0.3) is 10.0 Å². The molecular formula is C19H15NO2S2. The average Bonchev–Trinajstić information content (AvgIpc) is 3.01. The number of hydrogen-bond acceptors (Lipinski definition) is 3. The van der Waals surface area contributed by atoms with Crippen molar-refractivity contribution in [2.75, 3.05) is 4.72 Å². The van der Waals surface area contributed by atoms with Gasteiger partial charge < -0.3 is 0 Å². The lowest BCUT2D eigenvalue weighted by atomic mass is 10.2. The van der Waals surface area contributed by atoms with Crippen LogP contribution in [0.3, 0.4) is 0 Å². The molecule has 3 rings (SSSR count). The van der Waals surface area contributed by atoms with E-state index in [1.165, 1.54) is 11.3 Å². The first-order chi connectivity index (χ1) is 11.5. The van der Waals surface area contributed by atoms with Crippen molar-refractivity contribution in [1.82, 2.24) is 0 Å². The quantitative estimate of drug-likeness (QED) is 0.715. The van der Waals surface area contributed by atoms with Gasteiger partial charge in [0.05, 0.1) is 5.69 Å². The van der Waals surface area contributed by atoms with Gasteiger partial charge in [0.15, 0.2) is 0 Å². The molecule has 0 amide bonds. The molecule has 0 radical (unpaired) electrons. The highest BCUT2D eigenvalue weighted by Crippen LogP contribution is 2.23. The van der Waals surface area contributed by atoms with Crippen LogP contribution in [-0.2, 0) is 10.0 Å². The Bertz CT molecular complexity index is 1010. The molecule has 0 spiro atoms. The fourth-order valence-electron chi connectivity index (χ4n) is 2.09. The van der Waals surface area contributed by atoms with Crippen LogP contribution in [0.1, 0.15) is 16.0 Å². The summed E-state index contributed by atoms with van der Waals surface area (Å²) in [4.78, 5) is 0.956. The first kappa shape index (κ1) is 16.3. The molecule has 2 aromatic carbocycles. The molecule has 0 fully saturated rings. The molecule has 24 heavy (non-hydrogen) atoms. The molecule has 0 aliphatic heterocycles. The molecule has 1 aromatic heterocycles. The van der Waals surface area contributed by atoms with Gasteiger partial charge in [-0.2, -0.15) is 0 Å². The van der Waals surface area contributed by atoms with Gasteiger partial charge in [0, 0.05) is 16.0 Å². The van der Waals surface area contributed by atoms with Crippen molar-refractivity contribution in [3.63, 3.8) is 0 Å². The lowest BCUT2D eigenvalue weighted by Crippen LogP contribution is -2.11. The van der Waals surface area contributed by atoms with E-state index >= 15 is 0 Å². The van der Waals surface area contributed by atoms with Gasteiger partial charge in [0.2, 0.25) is 0 Å². The van der Waals surface area contributed by atoms with Crippen LogP contribution in [0.2, 0.25) is 0 Å². The van der Waals surface area contributed by atoms with E-state index in [0.29, 0.717) is 9.90 Å². The number of rotatable bonds is 3. The van der Waals surface area contributed by atoms with E-state index in [0.717, 1.165) is 16.0 Å². The van der Waals surface area contributed by atoms with E-state index in [-0.39, 0.29) is 0 Å². The lowest BCUT2D eigenvalue weighted by molar-refractivity contribution is 0.603. The molecule has 0 aliphatic carbocycles. The highest BCUT2D eigenvalue weighted by molar-refractivity contribution is 7.94. The number of nitrogens with one attached hydrogen (secondary N) is 1. The molecule has 1 heterocycles. The highest BCUT2D eigenvalue weighted by Gasteiger charge is 2.16. The van der Waals surface area contributed by atoms with Gasteiger partial charge in [-0.05, 0) is 49.4 Å². The third-order valence-electron chi connectivity index (χ3n) is 3.22. The maximum absolute atomic E-state index is 12.4. The molecule has 3 aromatic rings. The number of hydrogen-bond donors (Lipinski definition) is 1. The summed E-state index contributed by atoms with van der Waals surface area (Å²) in [6.07, 6.45) is 0. The van der Waals surface area contributed by atoms with Crippen LogP contribution in [0.5, 0.6) is 0 Å². The molecule has 0 bridgehead atoms. The standard InChI is InChI=1S/C19H15NO2S2/c1-15-10-13-19(23-15)24(21,22)20-18-9-5-8-17(14-18)12-11-16-6-3-2-4-7-16/h2-10,13-14,20H,1H3. The summed E-state index contributed by atoms with van der Waals surface area (Å²) in [5.41, 5.74) is 2.17. The molecule has 0 saturated heterocycles. The third-order valence-corrected chi connectivity index (χ3v) is 6.09. The maximum atomic E-state index is 12.4. The Balaban J connectivity index is 1.82. The first-order valence-corrected chi connectivity index (χ1v) is 9.59. The van der Waals surface area contributed by atoms with Crippen LogP contribution in [0, 0.1) is 18.8 Å². The first-order valence-electron chi connectivity index (χ1n) is 7.29. The molecule has 0 aliphatic rings. The van der Waals surface area contributed by atoms with Gasteiger partial charge in [-0.1, -0.05) is 36.1 Å². The minimum Gasteiger partial charge on any atom is -0.279 e. The number of benzene rings is 2. The Hall–Kier alpha value is -2.55. The summed E-state index contributed by atoms with van der Waals surface area (Å²) in [6.45, 7) is 1.88. The predicted octanol–water partition coefficient (Wildman–Crippen LogP) is 4.26. The Morgan fingerprint density at radius 1 is 0.875 bits per heavy atom. The maximum Gasteiger partial charge on any atom is 0.271 e. The van der Waals surface area contributed by atoms with Crippen molar-refractivity contribution >= 4 is 27.0 Å². The van der Waals surface area contributed by atoms with E-state index in [1.54, 1.807) is 30.3 Å². The lowest BCUT2D eigenvalue weighted by Gasteiger charge is -2.06. The number of aryl methyl sites for hydroxylation is 1. The van der Waals surface area contributed by atoms with E-state index in [9.17, 15) is 8.42 Å². The highest BCUT2D eigenvalue weighted by atomic mass is 32.2. The number of anilines is 1. The van der Waals surface area contributed by atoms with Crippen molar-refractivity contribution in [2.24, 2.45) is 0 Å². The van der Waals surface area contributed by atoms with Gasteiger partial charge in [-0.15, -0.1) is 11.3 Å². The monoisotopic (exact) mass is 353 g/mol. The molecule has 0 atom stereocenters. The van der Waals surface area contributed by atoms with E-state index < -0.39 is 10.0 Å². The SMILES string of the molecule is Cc1ccc(S(=O)(=O)Nc2cccc(C#Cc3ccccc3)c2)s1. The van der Waals surface area contributed by atoms with Gasteiger partial charge >= 0.3 is 0 Å². The van der Waals surface area contributed by atoms with Gasteiger partial charge in [-0.25, -0.2) is 8.42 Å². The third kappa shape index (κ3) is 4.05. The number of sulfonamides is 1. The smallest absolute Gasteiger partial charge is 0.271 e. The second-order valence-corrected chi connectivity index (χ2v) is 8.36. The topological polar surface area (TPSA) is 46.2 Å². The van der Waals surface area contributed by atoms with Crippen molar-refractivity contribution in [3.05, 3.63) is 82.7 Å². The van der Waals surface area contributed by atoms with Crippen LogP contribution < -0.4 is 4.72 Å². The molecule has 1 N–H and O–H groups in total. The second kappa shape index (κ2) is 6.91.